The van der Waals surface area contributed by atoms with Gasteiger partial charge in [0.1, 0.15) is 17.3 Å². The topological polar surface area (TPSA) is 121 Å². The molecule has 0 aliphatic carbocycles. The van der Waals surface area contributed by atoms with Gasteiger partial charge in [-0.1, -0.05) is 27.2 Å². The van der Waals surface area contributed by atoms with Crippen molar-refractivity contribution in [3.8, 4) is 5.75 Å². The molecule has 3 aromatic carbocycles. The molecule has 0 spiro atoms. The van der Waals surface area contributed by atoms with Crippen LogP contribution < -0.4 is 10.9 Å². The lowest BCUT2D eigenvalue weighted by molar-refractivity contribution is 0.213. The molecule has 0 amide bonds. The van der Waals surface area contributed by atoms with Gasteiger partial charge in [-0.2, -0.15) is 0 Å². The quantitative estimate of drug-likeness (QED) is 0.135. The molecule has 5 aromatic rings. The van der Waals surface area contributed by atoms with Crippen molar-refractivity contribution in [2.45, 2.75) is 39.6 Å². The highest BCUT2D eigenvalue weighted by molar-refractivity contribution is 9.10. The van der Waals surface area contributed by atoms with Gasteiger partial charge in [0, 0.05) is 27.2 Å². The normalized spacial score (nSPS) is 12.5. The van der Waals surface area contributed by atoms with E-state index in [9.17, 15) is 18.9 Å². The van der Waals surface area contributed by atoms with E-state index in [0.717, 1.165) is 26.5 Å². The number of aryl methyl sites for hydroxylation is 1. The van der Waals surface area contributed by atoms with Gasteiger partial charge in [0.25, 0.3) is 5.56 Å². The van der Waals surface area contributed by atoms with Crippen molar-refractivity contribution >= 4 is 40.1 Å². The zero-order valence-corrected chi connectivity index (χ0v) is 26.9. The molecule has 0 fully saturated rings. The predicted octanol–water partition coefficient (Wildman–Crippen LogP) is 6.98. The van der Waals surface area contributed by atoms with Crippen LogP contribution in [0.3, 0.4) is 0 Å². The van der Waals surface area contributed by atoms with E-state index in [1.807, 2.05) is 25.1 Å². The van der Waals surface area contributed by atoms with Crippen LogP contribution in [-0.4, -0.2) is 37.9 Å². The Balaban J connectivity index is 1.44. The molecule has 1 atom stereocenters. The molecule has 0 aliphatic heterocycles. The van der Waals surface area contributed by atoms with Crippen LogP contribution >= 0.6 is 23.5 Å². The number of phenols is 1. The monoisotopic (exact) mass is 683 g/mol. The maximum atomic E-state index is 14.0. The fourth-order valence-electron chi connectivity index (χ4n) is 5.02. The fourth-order valence-corrected chi connectivity index (χ4v) is 7.33. The number of rotatable bonds is 12. The molecule has 0 aliphatic rings. The van der Waals surface area contributed by atoms with Crippen molar-refractivity contribution in [1.29, 1.82) is 0 Å². The Hall–Kier alpha value is -3.83. The Labute approximate surface area is 262 Å². The highest BCUT2D eigenvalue weighted by Crippen LogP contribution is 2.62. The first-order chi connectivity index (χ1) is 21.1. The van der Waals surface area contributed by atoms with Gasteiger partial charge in [-0.25, -0.2) is 9.07 Å². The maximum absolute atomic E-state index is 14.0. The minimum absolute atomic E-state index is 0.109. The molecule has 1 unspecified atom stereocenters. The summed E-state index contributed by atoms with van der Waals surface area (Å²) in [7, 11) is -3.86. The SMILES string of the molecule is CCOP(=O)(OCC)C(Nc1ccc(F)cc1)c1cc(Cn2cc(Cn3c(=O)cc(C)c4cc(Br)ccc43)nn2)ccc1O. The van der Waals surface area contributed by atoms with Crippen LogP contribution in [0.5, 0.6) is 5.75 Å². The van der Waals surface area contributed by atoms with Gasteiger partial charge in [-0.05, 0) is 86.5 Å². The molecule has 230 valence electrons. The summed E-state index contributed by atoms with van der Waals surface area (Å²) in [4.78, 5) is 12.9. The number of aromatic hydroxyl groups is 1. The molecule has 0 saturated heterocycles. The summed E-state index contributed by atoms with van der Waals surface area (Å²) in [5.74, 6) is -1.64. The van der Waals surface area contributed by atoms with Crippen molar-refractivity contribution in [3.63, 3.8) is 0 Å². The molecule has 5 rings (SSSR count). The predicted molar refractivity (Wildman–Crippen MR) is 171 cm³/mol. The van der Waals surface area contributed by atoms with Gasteiger partial charge >= 0.3 is 7.60 Å². The molecule has 2 N–H and O–H groups in total. The number of hydrogen-bond donors (Lipinski definition) is 2. The van der Waals surface area contributed by atoms with Gasteiger partial charge < -0.3 is 24.0 Å². The Morgan fingerprint density at radius 2 is 1.75 bits per heavy atom. The third-order valence-electron chi connectivity index (χ3n) is 7.00. The van der Waals surface area contributed by atoms with Crippen LogP contribution in [0.1, 0.15) is 42.0 Å². The number of nitrogens with zero attached hydrogens (tertiary/aromatic N) is 4. The third kappa shape index (κ3) is 6.94. The second-order valence-corrected chi connectivity index (χ2v) is 13.2. The second-order valence-electron chi connectivity index (χ2n) is 10.1. The number of halogens is 2. The lowest BCUT2D eigenvalue weighted by Gasteiger charge is -2.29. The molecule has 2 aromatic heterocycles. The van der Waals surface area contributed by atoms with Crippen LogP contribution in [-0.2, 0) is 26.7 Å². The van der Waals surface area contributed by atoms with Gasteiger partial charge in [0.05, 0.1) is 38.0 Å². The summed E-state index contributed by atoms with van der Waals surface area (Å²) < 4.78 is 43.1. The van der Waals surface area contributed by atoms with Crippen molar-refractivity contribution in [3.05, 3.63) is 116 Å². The smallest absolute Gasteiger partial charge is 0.357 e. The van der Waals surface area contributed by atoms with E-state index >= 15 is 0 Å². The Kier molecular flexibility index (Phi) is 9.65. The van der Waals surface area contributed by atoms with Crippen LogP contribution in [0.25, 0.3) is 10.9 Å². The Morgan fingerprint density at radius 1 is 1.02 bits per heavy atom. The minimum Gasteiger partial charge on any atom is -0.508 e. The molecular formula is C31H32BrFN5O5P. The van der Waals surface area contributed by atoms with Crippen molar-refractivity contribution in [2.24, 2.45) is 0 Å². The molecule has 2 heterocycles. The number of benzene rings is 3. The van der Waals surface area contributed by atoms with Crippen molar-refractivity contribution < 1.29 is 23.1 Å². The van der Waals surface area contributed by atoms with Crippen molar-refractivity contribution in [2.75, 3.05) is 18.5 Å². The first-order valence-electron chi connectivity index (χ1n) is 14.0. The summed E-state index contributed by atoms with van der Waals surface area (Å²) in [6, 6.07) is 17.8. The van der Waals surface area contributed by atoms with Crippen molar-refractivity contribution in [1.82, 2.24) is 19.6 Å². The summed E-state index contributed by atoms with van der Waals surface area (Å²) >= 11 is 3.50. The highest BCUT2D eigenvalue weighted by Gasteiger charge is 2.39. The van der Waals surface area contributed by atoms with Crippen LogP contribution in [0, 0.1) is 12.7 Å². The zero-order chi connectivity index (χ0) is 31.4. The first-order valence-corrected chi connectivity index (χ1v) is 16.4. The average molecular weight is 685 g/mol. The van der Waals surface area contributed by atoms with E-state index in [2.05, 4.69) is 31.6 Å². The van der Waals surface area contributed by atoms with E-state index in [-0.39, 0.29) is 43.2 Å². The average Bonchev–Trinajstić information content (AvgIpc) is 3.43. The van der Waals surface area contributed by atoms with E-state index in [4.69, 9.17) is 9.05 Å². The Morgan fingerprint density at radius 3 is 2.45 bits per heavy atom. The summed E-state index contributed by atoms with van der Waals surface area (Å²) in [6.45, 7) is 6.03. The maximum Gasteiger partial charge on any atom is 0.357 e. The second kappa shape index (κ2) is 13.4. The van der Waals surface area contributed by atoms with Gasteiger partial charge in [-0.3, -0.25) is 9.36 Å². The standard InChI is InChI=1S/C31H32BrFN5O5P/c1-4-42-44(41,43-5-2)31(34-24-10-8-23(33)9-11-24)27-15-21(6-13-29(27)39)17-37-18-25(35-36-37)19-38-28-12-7-22(32)16-26(28)20(3)14-30(38)40/h6-16,18,31,34,39H,4-5,17,19H2,1-3H3. The summed E-state index contributed by atoms with van der Waals surface area (Å²) in [5.41, 5.74) is 3.61. The summed E-state index contributed by atoms with van der Waals surface area (Å²) in [6.07, 6.45) is 1.75. The van der Waals surface area contributed by atoms with Gasteiger partial charge in [0.15, 0.2) is 5.78 Å². The number of aromatic nitrogens is 4. The molecule has 44 heavy (non-hydrogen) atoms. The third-order valence-corrected chi connectivity index (χ3v) is 9.77. The van der Waals surface area contributed by atoms with E-state index in [1.54, 1.807) is 47.5 Å². The van der Waals surface area contributed by atoms with Crippen LogP contribution in [0.15, 0.2) is 82.2 Å². The molecule has 13 heteroatoms. The van der Waals surface area contributed by atoms with Crippen LogP contribution in [0.2, 0.25) is 0 Å². The fraction of sp³-hybridized carbons (Fsp3) is 0.258. The van der Waals surface area contributed by atoms with Gasteiger partial charge in [0.2, 0.25) is 0 Å². The largest absolute Gasteiger partial charge is 0.508 e. The number of phenolic OH excluding ortho intramolecular Hbond substituents is 1. The number of nitrogens with one attached hydrogen (secondary N) is 1. The molecule has 0 bridgehead atoms. The lowest BCUT2D eigenvalue weighted by Crippen LogP contribution is -2.21. The number of fused-ring (bicyclic) bond motifs is 1. The highest BCUT2D eigenvalue weighted by atomic mass is 79.9. The number of anilines is 1. The molecule has 0 radical (unpaired) electrons. The summed E-state index contributed by atoms with van der Waals surface area (Å²) in [5, 5.41) is 23.5. The van der Waals surface area contributed by atoms with E-state index in [1.165, 1.54) is 30.3 Å². The minimum atomic E-state index is -3.86. The van der Waals surface area contributed by atoms with E-state index in [0.29, 0.717) is 11.4 Å². The van der Waals surface area contributed by atoms with Gasteiger partial charge in [-0.15, -0.1) is 5.10 Å². The number of pyridine rings is 1. The lowest BCUT2D eigenvalue weighted by atomic mass is 10.1. The number of hydrogen-bond acceptors (Lipinski definition) is 8. The van der Waals surface area contributed by atoms with E-state index < -0.39 is 19.2 Å². The Bertz CT molecular complexity index is 1890. The molecule has 10 nitrogen and oxygen atoms in total. The molecular weight excluding hydrogens is 652 g/mol. The van der Waals surface area contributed by atoms with Crippen LogP contribution in [0.4, 0.5) is 10.1 Å². The first kappa shape index (κ1) is 31.6. The molecule has 0 saturated carbocycles. The zero-order valence-electron chi connectivity index (χ0n) is 24.4.